The molecule has 0 bridgehead atoms. The first-order valence-corrected chi connectivity index (χ1v) is 11.0. The van der Waals surface area contributed by atoms with Crippen LogP contribution in [0.15, 0.2) is 61.1 Å². The van der Waals surface area contributed by atoms with Crippen LogP contribution in [0.4, 0.5) is 5.82 Å². The van der Waals surface area contributed by atoms with Gasteiger partial charge in [0.25, 0.3) is 0 Å². The molecule has 2 aromatic heterocycles. The molecule has 0 radical (unpaired) electrons. The Morgan fingerprint density at radius 3 is 3.03 bits per heavy atom. The van der Waals surface area contributed by atoms with Gasteiger partial charge in [0.15, 0.2) is 11.6 Å². The molecule has 1 aliphatic heterocycles. The van der Waals surface area contributed by atoms with Crippen LogP contribution in [0.2, 0.25) is 0 Å². The molecule has 1 atom stereocenters. The Morgan fingerprint density at radius 1 is 1.30 bits per heavy atom. The van der Waals surface area contributed by atoms with E-state index in [0.29, 0.717) is 37.6 Å². The lowest BCUT2D eigenvalue weighted by Crippen LogP contribution is -2.31. The van der Waals surface area contributed by atoms with Gasteiger partial charge in [-0.2, -0.15) is 0 Å². The molecule has 0 amide bonds. The van der Waals surface area contributed by atoms with Crippen LogP contribution in [0.5, 0.6) is 11.5 Å². The summed E-state index contributed by atoms with van der Waals surface area (Å²) in [7, 11) is 3.52. The number of methoxy groups -OCH3 is 1. The Morgan fingerprint density at radius 2 is 2.18 bits per heavy atom. The molecule has 9 heteroatoms. The molecule has 3 heterocycles. The quantitative estimate of drug-likeness (QED) is 0.284. The highest BCUT2D eigenvalue weighted by Crippen LogP contribution is 2.30. The van der Waals surface area contributed by atoms with Crippen LogP contribution >= 0.6 is 12.2 Å². The molecule has 1 aliphatic rings. The summed E-state index contributed by atoms with van der Waals surface area (Å²) in [5.74, 6) is 2.25. The molecule has 0 aliphatic carbocycles. The fourth-order valence-electron chi connectivity index (χ4n) is 3.53. The minimum absolute atomic E-state index is 0.0745. The topological polar surface area (TPSA) is 82.4 Å². The first-order valence-electron chi connectivity index (χ1n) is 10.6. The molecule has 0 saturated heterocycles. The number of ketones is 1. The van der Waals surface area contributed by atoms with E-state index in [4.69, 9.17) is 21.7 Å². The lowest BCUT2D eigenvalue weighted by molar-refractivity contribution is 0.0973. The SMILES string of the molecule is COc1cccc(Cn2cnc(C(=O)CC/C=C/[C@H]3COc4cccnc4N(C)C3=S)n2)c1. The van der Waals surface area contributed by atoms with Gasteiger partial charge in [-0.3, -0.25) is 4.79 Å². The second-order valence-electron chi connectivity index (χ2n) is 7.65. The summed E-state index contributed by atoms with van der Waals surface area (Å²) in [4.78, 5) is 23.7. The van der Waals surface area contributed by atoms with Crippen LogP contribution in [-0.2, 0) is 6.54 Å². The molecular weight excluding hydrogens is 438 g/mol. The third-order valence-corrected chi connectivity index (χ3v) is 5.88. The fourth-order valence-corrected chi connectivity index (χ4v) is 3.76. The monoisotopic (exact) mass is 463 g/mol. The molecule has 1 aromatic carbocycles. The predicted molar refractivity (Wildman–Crippen MR) is 129 cm³/mol. The van der Waals surface area contributed by atoms with Gasteiger partial charge in [-0.15, -0.1) is 5.10 Å². The van der Waals surface area contributed by atoms with E-state index in [1.54, 1.807) is 24.3 Å². The van der Waals surface area contributed by atoms with E-state index in [1.165, 1.54) is 0 Å². The van der Waals surface area contributed by atoms with Gasteiger partial charge in [-0.25, -0.2) is 14.6 Å². The van der Waals surface area contributed by atoms with Crippen molar-refractivity contribution in [1.29, 1.82) is 0 Å². The first-order chi connectivity index (χ1) is 16.0. The van der Waals surface area contributed by atoms with Crippen molar-refractivity contribution in [2.75, 3.05) is 25.7 Å². The van der Waals surface area contributed by atoms with Crippen LogP contribution in [0.25, 0.3) is 0 Å². The van der Waals surface area contributed by atoms with Crippen molar-refractivity contribution >= 4 is 28.8 Å². The zero-order valence-corrected chi connectivity index (χ0v) is 19.4. The van der Waals surface area contributed by atoms with E-state index in [0.717, 1.165) is 16.3 Å². The summed E-state index contributed by atoms with van der Waals surface area (Å²) >= 11 is 5.62. The summed E-state index contributed by atoms with van der Waals surface area (Å²) in [6.07, 6.45) is 8.13. The van der Waals surface area contributed by atoms with Gasteiger partial charge < -0.3 is 14.4 Å². The maximum Gasteiger partial charge on any atom is 0.217 e. The van der Waals surface area contributed by atoms with Crippen LogP contribution in [0.1, 0.15) is 29.0 Å². The number of rotatable bonds is 8. The van der Waals surface area contributed by atoms with Crippen LogP contribution in [0.3, 0.4) is 0 Å². The Balaban J connectivity index is 1.30. The summed E-state index contributed by atoms with van der Waals surface area (Å²) in [6, 6.07) is 11.4. The average molecular weight is 464 g/mol. The van der Waals surface area contributed by atoms with E-state index < -0.39 is 0 Å². The molecule has 0 fully saturated rings. The molecular formula is C24H25N5O3S. The van der Waals surface area contributed by atoms with E-state index in [2.05, 4.69) is 15.1 Å². The number of aromatic nitrogens is 4. The molecule has 33 heavy (non-hydrogen) atoms. The zero-order chi connectivity index (χ0) is 23.2. The Hall–Kier alpha value is -3.59. The molecule has 0 N–H and O–H groups in total. The molecule has 4 rings (SSSR count). The molecule has 0 spiro atoms. The smallest absolute Gasteiger partial charge is 0.217 e. The number of allylic oxidation sites excluding steroid dienone is 1. The number of anilines is 1. The van der Waals surface area contributed by atoms with Crippen molar-refractivity contribution in [2.45, 2.75) is 19.4 Å². The van der Waals surface area contributed by atoms with E-state index in [-0.39, 0.29) is 17.5 Å². The number of pyridine rings is 1. The van der Waals surface area contributed by atoms with Crippen molar-refractivity contribution < 1.29 is 14.3 Å². The Kier molecular flexibility index (Phi) is 7.09. The minimum atomic E-state index is -0.0996. The van der Waals surface area contributed by atoms with Gasteiger partial charge in [-0.1, -0.05) is 36.5 Å². The van der Waals surface area contributed by atoms with Crippen LogP contribution in [-0.4, -0.2) is 51.3 Å². The molecule has 0 unspecified atom stereocenters. The highest BCUT2D eigenvalue weighted by Gasteiger charge is 2.25. The maximum atomic E-state index is 12.5. The van der Waals surface area contributed by atoms with Crippen LogP contribution in [0, 0.1) is 5.92 Å². The third-order valence-electron chi connectivity index (χ3n) is 5.31. The number of hydrogen-bond acceptors (Lipinski definition) is 7. The molecule has 0 saturated carbocycles. The van der Waals surface area contributed by atoms with Gasteiger partial charge in [-0.05, 0) is 36.2 Å². The summed E-state index contributed by atoms with van der Waals surface area (Å²) in [5, 5.41) is 4.32. The number of fused-ring (bicyclic) bond motifs is 1. The minimum Gasteiger partial charge on any atom is -0.497 e. The number of Topliss-reactive ketones (excluding diaryl/α,β-unsaturated/α-hetero) is 1. The Bertz CT molecular complexity index is 1180. The number of nitrogens with zero attached hydrogens (tertiary/aromatic N) is 5. The number of carbonyl (C=O) groups excluding carboxylic acids is 1. The standard InChI is InChI=1S/C24H25N5O3S/c1-28-23-21(11-6-12-25-23)32-15-18(24(28)33)8-3-4-10-20(30)22-26-16-29(27-22)14-17-7-5-9-19(13-17)31-2/h3,5-9,11-13,16,18H,4,10,14-15H2,1-2H3/b8-3+/t18-/m0/s1. The Labute approximate surface area is 197 Å². The van der Waals surface area contributed by atoms with Gasteiger partial charge in [0.1, 0.15) is 18.7 Å². The fraction of sp³-hybridized carbons (Fsp3) is 0.292. The lowest BCUT2D eigenvalue weighted by Gasteiger charge is -2.19. The van der Waals surface area contributed by atoms with E-state index in [1.807, 2.05) is 60.5 Å². The second-order valence-corrected chi connectivity index (χ2v) is 8.07. The van der Waals surface area contributed by atoms with Gasteiger partial charge in [0.05, 0.1) is 24.6 Å². The highest BCUT2D eigenvalue weighted by atomic mass is 32.1. The summed E-state index contributed by atoms with van der Waals surface area (Å²) < 4.78 is 12.8. The van der Waals surface area contributed by atoms with Crippen molar-refractivity contribution in [1.82, 2.24) is 19.7 Å². The average Bonchev–Trinajstić information content (AvgIpc) is 3.27. The molecule has 8 nitrogen and oxygen atoms in total. The van der Waals surface area contributed by atoms with Gasteiger partial charge in [0, 0.05) is 19.7 Å². The number of ether oxygens (including phenoxy) is 2. The highest BCUT2D eigenvalue weighted by molar-refractivity contribution is 7.80. The first kappa shape index (κ1) is 22.6. The zero-order valence-electron chi connectivity index (χ0n) is 18.5. The lowest BCUT2D eigenvalue weighted by atomic mass is 10.1. The van der Waals surface area contributed by atoms with E-state index in [9.17, 15) is 4.79 Å². The second kappa shape index (κ2) is 10.4. The normalized spacial score (nSPS) is 15.8. The predicted octanol–water partition coefficient (Wildman–Crippen LogP) is 3.72. The van der Waals surface area contributed by atoms with Crippen molar-refractivity contribution in [2.24, 2.45) is 5.92 Å². The number of thiocarbonyl (C=S) groups is 1. The van der Waals surface area contributed by atoms with Crippen molar-refractivity contribution in [3.63, 3.8) is 0 Å². The van der Waals surface area contributed by atoms with Crippen molar-refractivity contribution in [3.8, 4) is 11.5 Å². The summed E-state index contributed by atoms with van der Waals surface area (Å²) in [6.45, 7) is 0.948. The number of hydrogen-bond donors (Lipinski definition) is 0. The number of benzene rings is 1. The molecule has 3 aromatic rings. The van der Waals surface area contributed by atoms with Gasteiger partial charge >= 0.3 is 0 Å². The van der Waals surface area contributed by atoms with Gasteiger partial charge in [0.2, 0.25) is 11.6 Å². The maximum absolute atomic E-state index is 12.5. The summed E-state index contributed by atoms with van der Waals surface area (Å²) in [5.41, 5.74) is 1.02. The van der Waals surface area contributed by atoms with E-state index >= 15 is 0 Å². The molecule has 170 valence electrons. The van der Waals surface area contributed by atoms with Crippen molar-refractivity contribution in [3.05, 3.63) is 72.5 Å². The van der Waals surface area contributed by atoms with Crippen LogP contribution < -0.4 is 14.4 Å². The number of carbonyl (C=O) groups is 1. The third kappa shape index (κ3) is 5.43. The largest absolute Gasteiger partial charge is 0.497 e.